The lowest BCUT2D eigenvalue weighted by Gasteiger charge is -2.04. The van der Waals surface area contributed by atoms with Crippen LogP contribution >= 0.6 is 0 Å². The second-order valence-corrected chi connectivity index (χ2v) is 2.66. The van der Waals surface area contributed by atoms with E-state index in [0.717, 1.165) is 16.7 Å². The summed E-state index contributed by atoms with van der Waals surface area (Å²) in [4.78, 5) is 0. The van der Waals surface area contributed by atoms with E-state index >= 15 is 0 Å². The molecule has 1 nitrogen and oxygen atoms in total. The van der Waals surface area contributed by atoms with Gasteiger partial charge in [0.2, 0.25) is 0 Å². The van der Waals surface area contributed by atoms with E-state index in [-0.39, 0.29) is 0 Å². The van der Waals surface area contributed by atoms with Crippen molar-refractivity contribution in [2.75, 3.05) is 0 Å². The van der Waals surface area contributed by atoms with Crippen molar-refractivity contribution in [3.8, 4) is 0 Å². The maximum absolute atomic E-state index is 7.33. The van der Waals surface area contributed by atoms with Gasteiger partial charge in [0.05, 0.1) is 0 Å². The quantitative estimate of drug-likeness (QED) is 0.447. The standard InChI is InChI=1S/C9H15N/c1-6(2)7(3)8(4)9(5)10/h10H,1H2,2-5H3/b8-7-,10-9?. The van der Waals surface area contributed by atoms with Crippen LogP contribution in [0.2, 0.25) is 0 Å². The molecule has 0 aromatic heterocycles. The summed E-state index contributed by atoms with van der Waals surface area (Å²) in [6.45, 7) is 11.5. The fraction of sp³-hybridized carbons (Fsp3) is 0.444. The van der Waals surface area contributed by atoms with Crippen LogP contribution in [0.1, 0.15) is 27.7 Å². The Morgan fingerprint density at radius 2 is 1.40 bits per heavy atom. The molecule has 0 aliphatic rings. The summed E-state index contributed by atoms with van der Waals surface area (Å²) in [7, 11) is 0. The van der Waals surface area contributed by atoms with Gasteiger partial charge < -0.3 is 5.41 Å². The molecule has 0 bridgehead atoms. The summed E-state index contributed by atoms with van der Waals surface area (Å²) in [6, 6.07) is 0. The Kier molecular flexibility index (Phi) is 3.07. The van der Waals surface area contributed by atoms with Gasteiger partial charge in [0.15, 0.2) is 0 Å². The Morgan fingerprint density at radius 3 is 1.50 bits per heavy atom. The van der Waals surface area contributed by atoms with E-state index < -0.39 is 0 Å². The molecule has 0 atom stereocenters. The largest absolute Gasteiger partial charge is 0.305 e. The first kappa shape index (κ1) is 9.15. The van der Waals surface area contributed by atoms with Crippen LogP contribution < -0.4 is 0 Å². The molecule has 0 aromatic rings. The molecule has 56 valence electrons. The summed E-state index contributed by atoms with van der Waals surface area (Å²) in [5.74, 6) is 0. The molecule has 0 radical (unpaired) electrons. The lowest BCUT2D eigenvalue weighted by atomic mass is 10.0. The fourth-order valence-corrected chi connectivity index (χ4v) is 0.601. The van der Waals surface area contributed by atoms with Gasteiger partial charge in [-0.25, -0.2) is 0 Å². The Morgan fingerprint density at radius 1 is 1.00 bits per heavy atom. The highest BCUT2D eigenvalue weighted by molar-refractivity contribution is 5.96. The zero-order chi connectivity index (χ0) is 8.31. The molecule has 0 aliphatic carbocycles. The van der Waals surface area contributed by atoms with Crippen molar-refractivity contribution in [2.24, 2.45) is 0 Å². The Labute approximate surface area is 63.0 Å². The van der Waals surface area contributed by atoms with Crippen LogP contribution in [0.15, 0.2) is 23.3 Å². The summed E-state index contributed by atoms with van der Waals surface area (Å²) in [6.07, 6.45) is 0. The zero-order valence-electron chi connectivity index (χ0n) is 7.21. The van der Waals surface area contributed by atoms with Crippen molar-refractivity contribution in [3.63, 3.8) is 0 Å². The van der Waals surface area contributed by atoms with Crippen molar-refractivity contribution in [1.29, 1.82) is 5.41 Å². The molecule has 0 saturated carbocycles. The second kappa shape index (κ2) is 3.35. The van der Waals surface area contributed by atoms with Crippen LogP contribution in [0.3, 0.4) is 0 Å². The summed E-state index contributed by atoms with van der Waals surface area (Å²) in [5.41, 5.74) is 3.84. The SMILES string of the molecule is C=C(C)/C(C)=C(/C)C(C)=N. The third-order valence-corrected chi connectivity index (χ3v) is 1.77. The number of allylic oxidation sites excluding steroid dienone is 3. The lowest BCUT2D eigenvalue weighted by Crippen LogP contribution is -1.94. The summed E-state index contributed by atoms with van der Waals surface area (Å²) in [5, 5.41) is 7.33. The third-order valence-electron chi connectivity index (χ3n) is 1.77. The van der Waals surface area contributed by atoms with Crippen LogP contribution in [-0.4, -0.2) is 5.71 Å². The first-order chi connectivity index (χ1) is 4.46. The van der Waals surface area contributed by atoms with Crippen LogP contribution in [0.25, 0.3) is 0 Å². The van der Waals surface area contributed by atoms with Gasteiger partial charge in [-0.3, -0.25) is 0 Å². The third kappa shape index (κ3) is 2.18. The van der Waals surface area contributed by atoms with Crippen LogP contribution in [0.4, 0.5) is 0 Å². The molecule has 0 heterocycles. The van der Waals surface area contributed by atoms with Crippen LogP contribution in [-0.2, 0) is 0 Å². The molecule has 0 aliphatic heterocycles. The predicted octanol–water partition coefficient (Wildman–Crippen LogP) is 2.94. The molecular weight excluding hydrogens is 122 g/mol. The molecule has 0 amide bonds. The highest BCUT2D eigenvalue weighted by Crippen LogP contribution is 2.11. The monoisotopic (exact) mass is 137 g/mol. The number of hydrogen-bond acceptors (Lipinski definition) is 1. The molecule has 0 rings (SSSR count). The molecule has 0 unspecified atom stereocenters. The van der Waals surface area contributed by atoms with Gasteiger partial charge >= 0.3 is 0 Å². The molecule has 0 aromatic carbocycles. The van der Waals surface area contributed by atoms with Crippen molar-refractivity contribution in [1.82, 2.24) is 0 Å². The minimum atomic E-state index is 0.625. The van der Waals surface area contributed by atoms with Gasteiger partial charge in [0.25, 0.3) is 0 Å². The van der Waals surface area contributed by atoms with E-state index in [4.69, 9.17) is 5.41 Å². The van der Waals surface area contributed by atoms with E-state index in [9.17, 15) is 0 Å². The first-order valence-electron chi connectivity index (χ1n) is 3.35. The average Bonchev–Trinajstić information content (AvgIpc) is 1.84. The summed E-state index contributed by atoms with van der Waals surface area (Å²) < 4.78 is 0. The number of nitrogens with one attached hydrogen (secondary N) is 1. The zero-order valence-corrected chi connectivity index (χ0v) is 7.21. The highest BCUT2D eigenvalue weighted by Gasteiger charge is 1.97. The van der Waals surface area contributed by atoms with E-state index in [1.54, 1.807) is 6.92 Å². The molecule has 0 saturated heterocycles. The van der Waals surface area contributed by atoms with Crippen LogP contribution in [0, 0.1) is 5.41 Å². The van der Waals surface area contributed by atoms with E-state index in [1.165, 1.54) is 0 Å². The van der Waals surface area contributed by atoms with Gasteiger partial charge in [-0.1, -0.05) is 12.2 Å². The molecule has 0 fully saturated rings. The van der Waals surface area contributed by atoms with E-state index in [0.29, 0.717) is 5.71 Å². The Bertz CT molecular complexity index is 175. The predicted molar refractivity (Wildman–Crippen MR) is 46.6 cm³/mol. The molecule has 1 heteroatoms. The van der Waals surface area contributed by atoms with Crippen molar-refractivity contribution in [2.45, 2.75) is 27.7 Å². The molecule has 1 N–H and O–H groups in total. The smallest absolute Gasteiger partial charge is 0.0314 e. The lowest BCUT2D eigenvalue weighted by molar-refractivity contribution is 1.28. The van der Waals surface area contributed by atoms with Crippen molar-refractivity contribution < 1.29 is 0 Å². The minimum Gasteiger partial charge on any atom is -0.305 e. The van der Waals surface area contributed by atoms with E-state index in [1.807, 2.05) is 20.8 Å². The Hall–Kier alpha value is -0.850. The van der Waals surface area contributed by atoms with Gasteiger partial charge in [0, 0.05) is 5.71 Å². The molecular formula is C9H15N. The first-order valence-corrected chi connectivity index (χ1v) is 3.35. The van der Waals surface area contributed by atoms with Gasteiger partial charge in [-0.2, -0.15) is 0 Å². The fourth-order valence-electron chi connectivity index (χ4n) is 0.601. The number of rotatable bonds is 2. The minimum absolute atomic E-state index is 0.625. The molecule has 0 spiro atoms. The van der Waals surface area contributed by atoms with Gasteiger partial charge in [0.1, 0.15) is 0 Å². The second-order valence-electron chi connectivity index (χ2n) is 2.66. The maximum atomic E-state index is 7.33. The van der Waals surface area contributed by atoms with Crippen LogP contribution in [0.5, 0.6) is 0 Å². The average molecular weight is 137 g/mol. The van der Waals surface area contributed by atoms with E-state index in [2.05, 4.69) is 6.58 Å². The normalized spacial score (nSPS) is 12.4. The van der Waals surface area contributed by atoms with Crippen molar-refractivity contribution >= 4 is 5.71 Å². The number of hydrogen-bond donors (Lipinski definition) is 1. The van der Waals surface area contributed by atoms with Gasteiger partial charge in [-0.15, -0.1) is 0 Å². The topological polar surface area (TPSA) is 23.9 Å². The van der Waals surface area contributed by atoms with Gasteiger partial charge in [-0.05, 0) is 38.8 Å². The molecule has 10 heavy (non-hydrogen) atoms. The summed E-state index contributed by atoms with van der Waals surface area (Å²) >= 11 is 0. The Balaban J connectivity index is 4.67. The van der Waals surface area contributed by atoms with Crippen molar-refractivity contribution in [3.05, 3.63) is 23.3 Å². The maximum Gasteiger partial charge on any atom is 0.0314 e. The highest BCUT2D eigenvalue weighted by atomic mass is 14.4.